The van der Waals surface area contributed by atoms with Gasteiger partial charge in [0.25, 0.3) is 0 Å². The van der Waals surface area contributed by atoms with Crippen molar-refractivity contribution in [2.75, 3.05) is 13.1 Å². The Morgan fingerprint density at radius 1 is 0.603 bits per heavy atom. The fourth-order valence-electron chi connectivity index (χ4n) is 7.14. The zero-order chi connectivity index (χ0) is 47.8. The van der Waals surface area contributed by atoms with Gasteiger partial charge in [-0.2, -0.15) is 0 Å². The van der Waals surface area contributed by atoms with Gasteiger partial charge in [0.15, 0.2) is 23.3 Å². The highest BCUT2D eigenvalue weighted by Gasteiger charge is 2.34. The highest BCUT2D eigenvalue weighted by Crippen LogP contribution is 2.23. The first-order valence-electron chi connectivity index (χ1n) is 22.1. The zero-order valence-electron chi connectivity index (χ0n) is 38.2. The maximum atomic E-state index is 14.3. The minimum absolute atomic E-state index is 0.00338. The largest absolute Gasteiger partial charge is 0.508 e. The van der Waals surface area contributed by atoms with Crippen LogP contribution < -0.4 is 44.6 Å². The Hall–Kier alpha value is -5.39. The number of phenols is 1. The van der Waals surface area contributed by atoms with E-state index in [4.69, 9.17) is 28.7 Å². The summed E-state index contributed by atoms with van der Waals surface area (Å²) in [5.74, 6) is -7.57. The number of phenolic OH excluding ortho intramolecular Hbond substituents is 1. The molecule has 63 heavy (non-hydrogen) atoms. The molecule has 0 bridgehead atoms. The second kappa shape index (κ2) is 29.1. The Morgan fingerprint density at radius 2 is 1.11 bits per heavy atom. The molecule has 14 N–H and O–H groups in total. The van der Waals surface area contributed by atoms with Crippen molar-refractivity contribution in [3.63, 3.8) is 0 Å². The summed E-state index contributed by atoms with van der Waals surface area (Å²) in [7, 11) is 0. The van der Waals surface area contributed by atoms with Crippen LogP contribution in [0.25, 0.3) is 0 Å². The number of hydrogen-bond acceptors (Lipinski definition) is 11. The van der Waals surface area contributed by atoms with Gasteiger partial charge in [-0.1, -0.05) is 60.1 Å². The SMILES string of the molecule is CC(C)C[C@H](CC(=O)[C@H](CC(C)C)NC(=O)[C@H](CCCCN)CC(=O)[C@H](CCCN=C(N)N)NC(=O)[C@@H](CC(=O)[C@H](CCC(N)=O)NC(=O)C(C)C)Cc1ccc(O)cc1)C(N)=O. The van der Waals surface area contributed by atoms with E-state index >= 15 is 0 Å². The second-order valence-electron chi connectivity index (χ2n) is 17.7. The van der Waals surface area contributed by atoms with Gasteiger partial charge in [0, 0.05) is 55.9 Å². The van der Waals surface area contributed by atoms with Crippen LogP contribution in [0.2, 0.25) is 0 Å². The normalized spacial score (nSPS) is 14.2. The molecule has 354 valence electrons. The smallest absolute Gasteiger partial charge is 0.224 e. The number of nitrogens with one attached hydrogen (secondary N) is 3. The molecule has 0 saturated carbocycles. The molecule has 0 aliphatic rings. The number of primary amides is 2. The number of guanidine groups is 1. The summed E-state index contributed by atoms with van der Waals surface area (Å²) < 4.78 is 0. The summed E-state index contributed by atoms with van der Waals surface area (Å²) in [6.45, 7) is 11.4. The van der Waals surface area contributed by atoms with Crippen molar-refractivity contribution < 1.29 is 43.5 Å². The first kappa shape index (κ1) is 55.6. The molecule has 0 fully saturated rings. The lowest BCUT2D eigenvalue weighted by Crippen LogP contribution is -2.49. The number of carbonyl (C=O) groups excluding carboxylic acids is 8. The van der Waals surface area contributed by atoms with E-state index in [1.165, 1.54) is 12.1 Å². The first-order chi connectivity index (χ1) is 29.5. The maximum absolute atomic E-state index is 14.3. The van der Waals surface area contributed by atoms with Gasteiger partial charge in [0.2, 0.25) is 29.5 Å². The predicted octanol–water partition coefficient (Wildman–Crippen LogP) is 1.80. The van der Waals surface area contributed by atoms with Crippen molar-refractivity contribution in [2.45, 2.75) is 143 Å². The zero-order valence-corrected chi connectivity index (χ0v) is 38.2. The van der Waals surface area contributed by atoms with Crippen molar-refractivity contribution in [1.82, 2.24) is 16.0 Å². The number of aliphatic imine (C=N–C) groups is 1. The van der Waals surface area contributed by atoms with E-state index in [0.29, 0.717) is 31.4 Å². The molecule has 0 spiro atoms. The molecule has 0 unspecified atom stereocenters. The van der Waals surface area contributed by atoms with Crippen LogP contribution in [0.3, 0.4) is 0 Å². The third-order valence-corrected chi connectivity index (χ3v) is 10.6. The van der Waals surface area contributed by atoms with Crippen LogP contribution in [0.15, 0.2) is 29.3 Å². The highest BCUT2D eigenvalue weighted by molar-refractivity contribution is 5.97. The Labute approximate surface area is 372 Å². The molecular formula is C45H75N9O9. The van der Waals surface area contributed by atoms with Crippen LogP contribution in [-0.2, 0) is 44.8 Å². The Morgan fingerprint density at radius 3 is 1.63 bits per heavy atom. The number of rotatable bonds is 33. The fraction of sp³-hybridized carbons (Fsp3) is 0.667. The van der Waals surface area contributed by atoms with Gasteiger partial charge in [-0.25, -0.2) is 0 Å². The Balaban J connectivity index is 3.59. The topological polar surface area (TPSA) is 335 Å². The maximum Gasteiger partial charge on any atom is 0.224 e. The summed E-state index contributed by atoms with van der Waals surface area (Å²) in [4.78, 5) is 111. The number of hydrogen-bond donors (Lipinski definition) is 9. The van der Waals surface area contributed by atoms with Gasteiger partial charge in [-0.05, 0) is 87.4 Å². The van der Waals surface area contributed by atoms with Gasteiger partial charge >= 0.3 is 0 Å². The summed E-state index contributed by atoms with van der Waals surface area (Å²) in [5, 5.41) is 18.3. The molecule has 0 aliphatic carbocycles. The summed E-state index contributed by atoms with van der Waals surface area (Å²) in [5.41, 5.74) is 28.4. The summed E-state index contributed by atoms with van der Waals surface area (Å²) in [6, 6.07) is 2.79. The Kier molecular flexibility index (Phi) is 25.7. The number of carbonyl (C=O) groups is 8. The van der Waals surface area contributed by atoms with Gasteiger partial charge in [0.05, 0.1) is 18.1 Å². The van der Waals surface area contributed by atoms with E-state index in [-0.39, 0.29) is 93.7 Å². The molecule has 0 aromatic heterocycles. The second-order valence-corrected chi connectivity index (χ2v) is 17.7. The van der Waals surface area contributed by atoms with Crippen LogP contribution in [0.5, 0.6) is 5.75 Å². The number of nitrogens with zero attached hydrogens (tertiary/aromatic N) is 1. The average molecular weight is 886 g/mol. The molecule has 5 amide bonds. The molecule has 1 aromatic rings. The van der Waals surface area contributed by atoms with Crippen LogP contribution in [0.4, 0.5) is 0 Å². The number of aromatic hydroxyl groups is 1. The highest BCUT2D eigenvalue weighted by atomic mass is 16.3. The standard InChI is InChI=1S/C45H75N9O9/c1-26(2)20-31(41(48)60)24-39(58)36(21-27(3)4)54-43(62)30(10-7-8-18-46)23-37(56)34(11-9-19-51-45(49)50)53-44(63)32(22-29-12-14-33(55)15-13-29)25-38(57)35(16-17-40(47)59)52-42(61)28(5)6/h12-15,26-28,30-32,34-36,55H,7-11,16-25,46H2,1-6H3,(H2,47,59)(H2,48,60)(H,52,61)(H,53,63)(H,54,62)(H4,49,50,51)/t30-,31-,32-,34+,35+,36+/m1/s1. The van der Waals surface area contributed by atoms with Crippen molar-refractivity contribution in [3.05, 3.63) is 29.8 Å². The van der Waals surface area contributed by atoms with Crippen LogP contribution in [0, 0.1) is 35.5 Å². The number of ketones is 3. The lowest BCUT2D eigenvalue weighted by atomic mass is 9.87. The monoisotopic (exact) mass is 886 g/mol. The molecule has 0 radical (unpaired) electrons. The van der Waals surface area contributed by atoms with Crippen LogP contribution >= 0.6 is 0 Å². The van der Waals surface area contributed by atoms with E-state index in [2.05, 4.69) is 20.9 Å². The molecule has 1 aromatic carbocycles. The molecule has 0 aliphatic heterocycles. The lowest BCUT2D eigenvalue weighted by Gasteiger charge is -2.27. The molecule has 18 nitrogen and oxygen atoms in total. The molecule has 1 rings (SSSR count). The molecular weight excluding hydrogens is 811 g/mol. The van der Waals surface area contributed by atoms with Crippen LogP contribution in [0.1, 0.15) is 124 Å². The lowest BCUT2D eigenvalue weighted by molar-refractivity contribution is -0.136. The number of benzene rings is 1. The van der Waals surface area contributed by atoms with E-state index in [1.807, 2.05) is 27.7 Å². The first-order valence-corrected chi connectivity index (χ1v) is 22.1. The van der Waals surface area contributed by atoms with Crippen molar-refractivity contribution >= 4 is 52.8 Å². The van der Waals surface area contributed by atoms with Gasteiger partial charge in [-0.15, -0.1) is 0 Å². The summed E-state index contributed by atoms with van der Waals surface area (Å²) in [6.07, 6.45) is 1.15. The van der Waals surface area contributed by atoms with E-state index < -0.39 is 89.3 Å². The quantitative estimate of drug-likeness (QED) is 0.0277. The molecule has 0 heterocycles. The number of unbranched alkanes of at least 4 members (excludes halogenated alkanes) is 1. The third-order valence-electron chi connectivity index (χ3n) is 10.6. The molecule has 18 heteroatoms. The minimum Gasteiger partial charge on any atom is -0.508 e. The number of nitrogens with two attached hydrogens (primary N) is 5. The predicted molar refractivity (Wildman–Crippen MR) is 241 cm³/mol. The summed E-state index contributed by atoms with van der Waals surface area (Å²) >= 11 is 0. The van der Waals surface area contributed by atoms with E-state index in [0.717, 1.165) is 0 Å². The average Bonchev–Trinajstić information content (AvgIpc) is 3.19. The number of Topliss-reactive ketones (excluding diaryl/α,β-unsaturated/α-hetero) is 3. The van der Waals surface area contributed by atoms with Gasteiger partial charge in [0.1, 0.15) is 5.75 Å². The van der Waals surface area contributed by atoms with Crippen molar-refractivity contribution in [2.24, 2.45) is 69.2 Å². The third kappa shape index (κ3) is 23.0. The number of amides is 5. The molecule has 0 saturated heterocycles. The minimum atomic E-state index is -1.17. The van der Waals surface area contributed by atoms with Gasteiger partial charge in [-0.3, -0.25) is 43.3 Å². The van der Waals surface area contributed by atoms with Crippen molar-refractivity contribution in [1.29, 1.82) is 0 Å². The molecule has 6 atom stereocenters. The Bertz CT molecular complexity index is 1690. The van der Waals surface area contributed by atoms with Crippen LogP contribution in [-0.4, -0.2) is 89.2 Å². The van der Waals surface area contributed by atoms with E-state index in [9.17, 15) is 43.5 Å². The van der Waals surface area contributed by atoms with Crippen molar-refractivity contribution in [3.8, 4) is 5.75 Å². The fourth-order valence-corrected chi connectivity index (χ4v) is 7.14. The van der Waals surface area contributed by atoms with E-state index in [1.54, 1.807) is 26.0 Å². The van der Waals surface area contributed by atoms with Gasteiger partial charge < -0.3 is 49.7 Å².